The average Bonchev–Trinajstić information content (AvgIpc) is 3.01. The van der Waals surface area contributed by atoms with Gasteiger partial charge in [0, 0.05) is 5.56 Å². The summed E-state index contributed by atoms with van der Waals surface area (Å²) in [5.41, 5.74) is 1.42. The second kappa shape index (κ2) is 5.88. The van der Waals surface area contributed by atoms with Crippen LogP contribution in [0.5, 0.6) is 0 Å². The van der Waals surface area contributed by atoms with Crippen LogP contribution < -0.4 is 5.32 Å². The fraction of sp³-hybridized carbons (Fsp3) is 0.200. The van der Waals surface area contributed by atoms with Crippen molar-refractivity contribution in [1.29, 1.82) is 0 Å². The van der Waals surface area contributed by atoms with Crippen molar-refractivity contribution < 1.29 is 18.7 Å². The minimum atomic E-state index is -0.476. The maximum absolute atomic E-state index is 13.4. The van der Waals surface area contributed by atoms with Crippen LogP contribution in [0.2, 0.25) is 0 Å². The van der Waals surface area contributed by atoms with Crippen LogP contribution in [0.3, 0.4) is 0 Å². The summed E-state index contributed by atoms with van der Waals surface area (Å²) in [5.74, 6) is -1.37. The maximum Gasteiger partial charge on any atom is 0.350 e. The zero-order valence-electron chi connectivity index (χ0n) is 12.3. The molecule has 3 rings (SSSR count). The minimum Gasteiger partial charge on any atom is -0.462 e. The van der Waals surface area contributed by atoms with Crippen molar-refractivity contribution in [2.24, 2.45) is 4.99 Å². The number of nitrogens with zero attached hydrogens (tertiary/aromatic N) is 2. The van der Waals surface area contributed by atoms with Crippen LogP contribution in [0.4, 0.5) is 15.2 Å². The maximum atomic E-state index is 13.4. The summed E-state index contributed by atoms with van der Waals surface area (Å²) in [7, 11) is 0. The van der Waals surface area contributed by atoms with E-state index in [9.17, 15) is 14.0 Å². The van der Waals surface area contributed by atoms with Crippen molar-refractivity contribution in [3.63, 3.8) is 0 Å². The Balaban J connectivity index is 2.00. The Bertz CT molecular complexity index is 844. The van der Waals surface area contributed by atoms with E-state index < -0.39 is 17.7 Å². The lowest BCUT2D eigenvalue weighted by molar-refractivity contribution is -0.110. The number of aryl methyl sites for hydroxylation is 1. The first-order chi connectivity index (χ1) is 11.0. The van der Waals surface area contributed by atoms with Gasteiger partial charge in [0.15, 0.2) is 0 Å². The van der Waals surface area contributed by atoms with Gasteiger partial charge >= 0.3 is 5.97 Å². The van der Waals surface area contributed by atoms with Gasteiger partial charge in [-0.25, -0.2) is 19.2 Å². The van der Waals surface area contributed by atoms with Crippen molar-refractivity contribution in [2.75, 3.05) is 11.9 Å². The Morgan fingerprint density at radius 1 is 1.48 bits per heavy atom. The third-order valence-corrected chi connectivity index (χ3v) is 4.18. The van der Waals surface area contributed by atoms with E-state index in [1.807, 2.05) is 0 Å². The minimum absolute atomic E-state index is 0.0728. The average molecular weight is 333 g/mol. The number of carbonyl (C=O) groups excluding carboxylic acids is 2. The van der Waals surface area contributed by atoms with Crippen LogP contribution in [0.1, 0.15) is 27.9 Å². The van der Waals surface area contributed by atoms with Crippen LogP contribution in [-0.4, -0.2) is 29.2 Å². The van der Waals surface area contributed by atoms with Gasteiger partial charge in [-0.1, -0.05) is 11.3 Å². The van der Waals surface area contributed by atoms with Gasteiger partial charge in [0.05, 0.1) is 18.0 Å². The molecule has 2 aromatic rings. The first kappa shape index (κ1) is 15.3. The number of aliphatic imine (C=N–C) groups is 1. The zero-order chi connectivity index (χ0) is 16.6. The van der Waals surface area contributed by atoms with E-state index in [4.69, 9.17) is 4.74 Å². The lowest BCUT2D eigenvalue weighted by atomic mass is 10.1. The number of carbonyl (C=O) groups is 2. The van der Waals surface area contributed by atoms with Gasteiger partial charge in [-0.05, 0) is 32.0 Å². The van der Waals surface area contributed by atoms with E-state index >= 15 is 0 Å². The largest absolute Gasteiger partial charge is 0.462 e. The van der Waals surface area contributed by atoms with Crippen LogP contribution in [0, 0.1) is 12.7 Å². The lowest BCUT2D eigenvalue weighted by Gasteiger charge is -1.97. The van der Waals surface area contributed by atoms with E-state index in [1.165, 1.54) is 18.2 Å². The number of thiazole rings is 1. The van der Waals surface area contributed by atoms with Crippen LogP contribution in [-0.2, 0) is 9.53 Å². The molecule has 1 aromatic carbocycles. The fourth-order valence-corrected chi connectivity index (χ4v) is 2.99. The predicted octanol–water partition coefficient (Wildman–Crippen LogP) is 2.84. The molecule has 0 radical (unpaired) electrons. The molecule has 0 aliphatic carbocycles. The van der Waals surface area contributed by atoms with E-state index in [1.54, 1.807) is 13.8 Å². The highest BCUT2D eigenvalue weighted by Gasteiger charge is 2.27. The Labute approximate surface area is 135 Å². The Morgan fingerprint density at radius 2 is 2.26 bits per heavy atom. The third kappa shape index (κ3) is 2.85. The van der Waals surface area contributed by atoms with Crippen molar-refractivity contribution in [1.82, 2.24) is 4.98 Å². The van der Waals surface area contributed by atoms with Crippen molar-refractivity contribution >= 4 is 39.7 Å². The highest BCUT2D eigenvalue weighted by Crippen LogP contribution is 2.30. The summed E-state index contributed by atoms with van der Waals surface area (Å²) in [5, 5.41) is 2.85. The molecule has 8 heteroatoms. The normalized spacial score (nSPS) is 14.7. The lowest BCUT2D eigenvalue weighted by Crippen LogP contribution is -2.13. The molecule has 0 bridgehead atoms. The van der Waals surface area contributed by atoms with Crippen LogP contribution in [0.15, 0.2) is 23.2 Å². The molecule has 1 aliphatic rings. The van der Waals surface area contributed by atoms with E-state index in [0.29, 0.717) is 21.8 Å². The Kier molecular flexibility index (Phi) is 3.91. The summed E-state index contributed by atoms with van der Waals surface area (Å²) >= 11 is 1.03. The molecular formula is C15H12FN3O3S. The van der Waals surface area contributed by atoms with E-state index in [-0.39, 0.29) is 17.5 Å². The number of rotatable bonds is 3. The van der Waals surface area contributed by atoms with Crippen molar-refractivity contribution in [2.45, 2.75) is 13.8 Å². The number of hydrogen-bond acceptors (Lipinski definition) is 6. The van der Waals surface area contributed by atoms with Crippen molar-refractivity contribution in [3.8, 4) is 0 Å². The van der Waals surface area contributed by atoms with E-state index in [2.05, 4.69) is 15.3 Å². The molecule has 0 saturated carbocycles. The van der Waals surface area contributed by atoms with Gasteiger partial charge in [0.2, 0.25) is 5.13 Å². The molecule has 1 aromatic heterocycles. The van der Waals surface area contributed by atoms with Gasteiger partial charge in [-0.2, -0.15) is 0 Å². The SMILES string of the molecule is CCOC(=O)c1sc(/N=C2\C(=O)Nc3ccc(F)cc32)nc1C. The Morgan fingerprint density at radius 3 is 3.00 bits per heavy atom. The smallest absolute Gasteiger partial charge is 0.350 e. The molecule has 0 fully saturated rings. The molecule has 6 nitrogen and oxygen atoms in total. The number of ether oxygens (including phenoxy) is 1. The molecule has 1 amide bonds. The fourth-order valence-electron chi connectivity index (χ4n) is 2.15. The Hall–Kier alpha value is -2.61. The topological polar surface area (TPSA) is 80.6 Å². The van der Waals surface area contributed by atoms with Gasteiger partial charge in [0.1, 0.15) is 16.4 Å². The number of nitrogens with one attached hydrogen (secondary N) is 1. The number of hydrogen-bond donors (Lipinski definition) is 1. The zero-order valence-corrected chi connectivity index (χ0v) is 13.2. The number of fused-ring (bicyclic) bond motifs is 1. The second-order valence-corrected chi connectivity index (χ2v) is 5.71. The first-order valence-electron chi connectivity index (χ1n) is 6.84. The second-order valence-electron chi connectivity index (χ2n) is 4.74. The third-order valence-electron chi connectivity index (χ3n) is 3.15. The summed E-state index contributed by atoms with van der Waals surface area (Å²) in [6.07, 6.45) is 0. The molecule has 0 unspecified atom stereocenters. The van der Waals surface area contributed by atoms with Crippen LogP contribution in [0.25, 0.3) is 0 Å². The van der Waals surface area contributed by atoms with Gasteiger partial charge in [-0.15, -0.1) is 0 Å². The number of anilines is 1. The number of halogens is 1. The predicted molar refractivity (Wildman–Crippen MR) is 84.0 cm³/mol. The van der Waals surface area contributed by atoms with E-state index in [0.717, 1.165) is 11.3 Å². The molecule has 23 heavy (non-hydrogen) atoms. The molecule has 0 atom stereocenters. The van der Waals surface area contributed by atoms with Gasteiger partial charge in [0.25, 0.3) is 5.91 Å². The van der Waals surface area contributed by atoms with Crippen molar-refractivity contribution in [3.05, 3.63) is 40.2 Å². The van der Waals surface area contributed by atoms with Gasteiger partial charge < -0.3 is 10.1 Å². The summed E-state index contributed by atoms with van der Waals surface area (Å²) in [4.78, 5) is 32.5. The number of amides is 1. The highest BCUT2D eigenvalue weighted by atomic mass is 32.1. The quantitative estimate of drug-likeness (QED) is 0.876. The van der Waals surface area contributed by atoms with Crippen LogP contribution >= 0.6 is 11.3 Å². The molecular weight excluding hydrogens is 321 g/mol. The summed E-state index contributed by atoms with van der Waals surface area (Å²) in [6.45, 7) is 3.63. The molecule has 118 valence electrons. The molecule has 0 saturated heterocycles. The van der Waals surface area contributed by atoms with Gasteiger partial charge in [-0.3, -0.25) is 4.79 Å². The summed E-state index contributed by atoms with van der Waals surface area (Å²) < 4.78 is 18.3. The number of esters is 1. The molecule has 0 spiro atoms. The molecule has 1 aliphatic heterocycles. The molecule has 1 N–H and O–H groups in total. The summed E-state index contributed by atoms with van der Waals surface area (Å²) in [6, 6.07) is 3.97. The number of aromatic nitrogens is 1. The standard InChI is InChI=1S/C15H12FN3O3S/c1-3-22-14(21)12-7(2)17-15(23-12)19-11-9-6-8(16)4-5-10(9)18-13(11)20/h4-6H,3H2,1-2H3,(H,17,18,19,20). The number of benzene rings is 1. The monoisotopic (exact) mass is 333 g/mol. The molecule has 2 heterocycles. The first-order valence-corrected chi connectivity index (χ1v) is 7.65. The highest BCUT2D eigenvalue weighted by molar-refractivity contribution is 7.17.